The fourth-order valence-electron chi connectivity index (χ4n) is 2.29. The van der Waals surface area contributed by atoms with E-state index in [1.807, 2.05) is 30.3 Å². The van der Waals surface area contributed by atoms with Gasteiger partial charge in [0.15, 0.2) is 0 Å². The van der Waals surface area contributed by atoms with Gasteiger partial charge >= 0.3 is 0 Å². The maximum atomic E-state index is 12.9. The predicted octanol–water partition coefficient (Wildman–Crippen LogP) is 4.37. The lowest BCUT2D eigenvalue weighted by molar-refractivity contribution is 0.306. The van der Waals surface area contributed by atoms with Crippen LogP contribution in [0.4, 0.5) is 4.39 Å². The summed E-state index contributed by atoms with van der Waals surface area (Å²) in [6, 6.07) is 19.1. The average Bonchev–Trinajstić information content (AvgIpc) is 2.68. The van der Waals surface area contributed by atoms with Gasteiger partial charge in [-0.25, -0.2) is 9.22 Å². The molecule has 0 saturated heterocycles. The zero-order valence-corrected chi connectivity index (χ0v) is 16.1. The van der Waals surface area contributed by atoms with Crippen molar-refractivity contribution in [2.75, 3.05) is 0 Å². The molecule has 0 aliphatic heterocycles. The third-order valence-electron chi connectivity index (χ3n) is 3.70. The van der Waals surface area contributed by atoms with Gasteiger partial charge in [-0.15, -0.1) is 0 Å². The molecule has 0 saturated carbocycles. The number of halogens is 2. The normalized spacial score (nSPS) is 11.5. The van der Waals surface area contributed by atoms with Gasteiger partial charge in [0.2, 0.25) is 0 Å². The minimum atomic E-state index is -3.88. The van der Waals surface area contributed by atoms with E-state index in [9.17, 15) is 12.8 Å². The van der Waals surface area contributed by atoms with Crippen LogP contribution >= 0.6 is 11.6 Å². The van der Waals surface area contributed by atoms with Crippen LogP contribution in [0.15, 0.2) is 82.8 Å². The molecular formula is C20H16ClFN2O3S. The second-order valence-corrected chi connectivity index (χ2v) is 7.84. The topological polar surface area (TPSA) is 67.8 Å². The van der Waals surface area contributed by atoms with Crippen LogP contribution in [-0.4, -0.2) is 14.6 Å². The maximum Gasteiger partial charge on any atom is 0.276 e. The summed E-state index contributed by atoms with van der Waals surface area (Å²) in [5.74, 6) is -0.0128. The van der Waals surface area contributed by atoms with Crippen molar-refractivity contribution in [1.82, 2.24) is 4.83 Å². The van der Waals surface area contributed by atoms with E-state index in [1.165, 1.54) is 6.21 Å². The van der Waals surface area contributed by atoms with Gasteiger partial charge in [0, 0.05) is 0 Å². The fraction of sp³-hybridized carbons (Fsp3) is 0.0500. The standard InChI is InChI=1S/C20H16ClFN2O3S/c21-19-12-16(6-11-20(19)27-14-15-4-2-1-3-5-15)13-23-24-28(25,26)18-9-7-17(22)8-10-18/h1-13,24H,14H2/b23-13+. The van der Waals surface area contributed by atoms with E-state index in [2.05, 4.69) is 9.93 Å². The first-order valence-corrected chi connectivity index (χ1v) is 10.1. The van der Waals surface area contributed by atoms with E-state index in [-0.39, 0.29) is 4.90 Å². The van der Waals surface area contributed by atoms with Crippen LogP contribution in [0.5, 0.6) is 5.75 Å². The van der Waals surface area contributed by atoms with Gasteiger partial charge in [-0.2, -0.15) is 13.5 Å². The first-order valence-electron chi connectivity index (χ1n) is 8.21. The molecule has 0 bridgehead atoms. The number of hydrogen-bond donors (Lipinski definition) is 1. The van der Waals surface area contributed by atoms with Crippen molar-refractivity contribution in [1.29, 1.82) is 0 Å². The number of ether oxygens (including phenoxy) is 1. The van der Waals surface area contributed by atoms with Crippen LogP contribution < -0.4 is 9.57 Å². The first-order chi connectivity index (χ1) is 13.4. The Hall–Kier alpha value is -2.90. The fourth-order valence-corrected chi connectivity index (χ4v) is 3.32. The zero-order valence-electron chi connectivity index (χ0n) is 14.5. The molecule has 0 atom stereocenters. The van der Waals surface area contributed by atoms with Gasteiger partial charge in [0.05, 0.1) is 16.1 Å². The third-order valence-corrected chi connectivity index (χ3v) is 5.24. The summed E-state index contributed by atoms with van der Waals surface area (Å²) in [6.07, 6.45) is 1.31. The van der Waals surface area contributed by atoms with Crippen LogP contribution in [0.3, 0.4) is 0 Å². The number of rotatable bonds is 7. The summed E-state index contributed by atoms with van der Waals surface area (Å²) in [7, 11) is -3.88. The van der Waals surface area contributed by atoms with Gasteiger partial charge in [-0.05, 0) is 53.6 Å². The molecule has 0 spiro atoms. The Balaban J connectivity index is 1.63. The molecule has 0 fully saturated rings. The average molecular weight is 419 g/mol. The predicted molar refractivity (Wildman–Crippen MR) is 107 cm³/mol. The van der Waals surface area contributed by atoms with Crippen molar-refractivity contribution in [2.24, 2.45) is 5.10 Å². The quantitative estimate of drug-likeness (QED) is 0.457. The van der Waals surface area contributed by atoms with Gasteiger partial charge in [0.1, 0.15) is 18.2 Å². The van der Waals surface area contributed by atoms with Gasteiger partial charge in [0.25, 0.3) is 10.0 Å². The summed E-state index contributed by atoms with van der Waals surface area (Å²) < 4.78 is 42.8. The number of hydrazone groups is 1. The minimum absolute atomic E-state index is 0.0891. The highest BCUT2D eigenvalue weighted by Gasteiger charge is 2.12. The monoisotopic (exact) mass is 418 g/mol. The molecule has 1 N–H and O–H groups in total. The van der Waals surface area contributed by atoms with Crippen molar-refractivity contribution >= 4 is 27.8 Å². The van der Waals surface area contributed by atoms with E-state index in [4.69, 9.17) is 16.3 Å². The summed E-state index contributed by atoms with van der Waals surface area (Å²) in [6.45, 7) is 0.380. The van der Waals surface area contributed by atoms with Gasteiger partial charge in [-0.1, -0.05) is 41.9 Å². The van der Waals surface area contributed by atoms with E-state index >= 15 is 0 Å². The van der Waals surface area contributed by atoms with E-state index in [0.717, 1.165) is 29.8 Å². The molecule has 0 amide bonds. The molecule has 0 radical (unpaired) electrons. The lowest BCUT2D eigenvalue weighted by atomic mass is 10.2. The number of hydrogen-bond acceptors (Lipinski definition) is 4. The Morgan fingerprint density at radius 2 is 1.75 bits per heavy atom. The maximum absolute atomic E-state index is 12.9. The zero-order chi connectivity index (χ0) is 20.0. The molecule has 3 aromatic rings. The molecule has 0 aromatic heterocycles. The minimum Gasteiger partial charge on any atom is -0.487 e. The van der Waals surface area contributed by atoms with Crippen molar-refractivity contribution in [3.05, 3.63) is 94.8 Å². The highest BCUT2D eigenvalue weighted by atomic mass is 35.5. The van der Waals surface area contributed by atoms with E-state index in [1.54, 1.807) is 18.2 Å². The molecule has 3 rings (SSSR count). The number of nitrogens with zero attached hydrogens (tertiary/aromatic N) is 1. The second kappa shape index (κ2) is 8.86. The van der Waals surface area contributed by atoms with E-state index in [0.29, 0.717) is 22.9 Å². The Kier molecular flexibility index (Phi) is 6.28. The molecule has 8 heteroatoms. The van der Waals surface area contributed by atoms with Crippen LogP contribution in [0.25, 0.3) is 0 Å². The largest absolute Gasteiger partial charge is 0.487 e. The second-order valence-electron chi connectivity index (χ2n) is 5.77. The summed E-state index contributed by atoms with van der Waals surface area (Å²) in [4.78, 5) is 1.98. The molecule has 3 aromatic carbocycles. The Morgan fingerprint density at radius 1 is 1.04 bits per heavy atom. The molecule has 0 aliphatic carbocycles. The van der Waals surface area contributed by atoms with Crippen LogP contribution in [0.2, 0.25) is 5.02 Å². The molecular weight excluding hydrogens is 403 g/mol. The summed E-state index contributed by atoms with van der Waals surface area (Å²) >= 11 is 6.21. The van der Waals surface area contributed by atoms with Gasteiger partial charge in [-0.3, -0.25) is 0 Å². The summed E-state index contributed by atoms with van der Waals surface area (Å²) in [5.41, 5.74) is 1.60. The Bertz CT molecular complexity index is 1070. The molecule has 0 heterocycles. The SMILES string of the molecule is O=S(=O)(N/N=C/c1ccc(OCc2ccccc2)c(Cl)c1)c1ccc(F)cc1. The summed E-state index contributed by atoms with van der Waals surface area (Å²) in [5, 5.41) is 4.10. The molecule has 0 aliphatic rings. The lowest BCUT2D eigenvalue weighted by Gasteiger charge is -2.08. The van der Waals surface area contributed by atoms with Crippen molar-refractivity contribution in [3.8, 4) is 5.75 Å². The molecule has 144 valence electrons. The Morgan fingerprint density at radius 3 is 2.43 bits per heavy atom. The lowest BCUT2D eigenvalue weighted by Crippen LogP contribution is -2.18. The highest BCUT2D eigenvalue weighted by molar-refractivity contribution is 7.89. The van der Waals surface area contributed by atoms with Gasteiger partial charge < -0.3 is 4.74 Å². The van der Waals surface area contributed by atoms with Crippen molar-refractivity contribution in [2.45, 2.75) is 11.5 Å². The first kappa shape index (κ1) is 19.9. The van der Waals surface area contributed by atoms with Crippen LogP contribution in [-0.2, 0) is 16.6 Å². The van der Waals surface area contributed by atoms with E-state index < -0.39 is 15.8 Å². The number of sulfonamides is 1. The number of benzene rings is 3. The molecule has 28 heavy (non-hydrogen) atoms. The van der Waals surface area contributed by atoms with Crippen LogP contribution in [0, 0.1) is 5.82 Å². The molecule has 5 nitrogen and oxygen atoms in total. The smallest absolute Gasteiger partial charge is 0.276 e. The van der Waals surface area contributed by atoms with Crippen molar-refractivity contribution in [3.63, 3.8) is 0 Å². The van der Waals surface area contributed by atoms with Crippen molar-refractivity contribution < 1.29 is 17.5 Å². The highest BCUT2D eigenvalue weighted by Crippen LogP contribution is 2.25. The Labute approximate surface area is 167 Å². The van der Waals surface area contributed by atoms with Crippen LogP contribution in [0.1, 0.15) is 11.1 Å². The number of nitrogens with one attached hydrogen (secondary N) is 1. The third kappa shape index (κ3) is 5.31. The molecule has 0 unspecified atom stereocenters.